The second-order valence-electron chi connectivity index (χ2n) is 6.23. The Labute approximate surface area is 159 Å². The molecule has 4 rings (SSSR count). The third-order valence-corrected chi connectivity index (χ3v) is 4.59. The maximum absolute atomic E-state index is 12.5. The lowest BCUT2D eigenvalue weighted by atomic mass is 10.0. The van der Waals surface area contributed by atoms with Gasteiger partial charge in [-0.25, -0.2) is 4.79 Å². The first-order chi connectivity index (χ1) is 13.6. The van der Waals surface area contributed by atoms with E-state index in [0.717, 1.165) is 11.3 Å². The normalized spacial score (nSPS) is 10.9. The second kappa shape index (κ2) is 7.03. The van der Waals surface area contributed by atoms with Crippen molar-refractivity contribution in [1.29, 1.82) is 0 Å². The Balaban J connectivity index is 1.84. The Kier molecular flexibility index (Phi) is 4.41. The highest BCUT2D eigenvalue weighted by Crippen LogP contribution is 2.34. The molecule has 0 atom stereocenters. The Morgan fingerprint density at radius 3 is 2.43 bits per heavy atom. The van der Waals surface area contributed by atoms with Gasteiger partial charge in [0.25, 0.3) is 5.69 Å². The lowest BCUT2D eigenvalue weighted by Gasteiger charge is -2.06. The first-order valence-corrected chi connectivity index (χ1v) is 8.57. The number of methoxy groups -OCH3 is 1. The molecule has 140 valence electrons. The molecule has 0 N–H and O–H groups in total. The molecular formula is C21H16N2O5. The molecule has 1 heterocycles. The largest absolute Gasteiger partial charge is 0.497 e. The highest BCUT2D eigenvalue weighted by molar-refractivity contribution is 5.93. The number of oxazole rings is 1. The summed E-state index contributed by atoms with van der Waals surface area (Å²) in [6.45, 7) is 0.316. The van der Waals surface area contributed by atoms with Gasteiger partial charge in [0.1, 0.15) is 5.75 Å². The number of aromatic nitrogens is 1. The van der Waals surface area contributed by atoms with Crippen LogP contribution in [0.4, 0.5) is 5.69 Å². The molecule has 4 aromatic rings. The van der Waals surface area contributed by atoms with Crippen molar-refractivity contribution >= 4 is 16.8 Å². The first kappa shape index (κ1) is 17.5. The van der Waals surface area contributed by atoms with Crippen molar-refractivity contribution in [2.24, 2.45) is 0 Å². The van der Waals surface area contributed by atoms with Crippen LogP contribution in [0.25, 0.3) is 22.2 Å². The standard InChI is InChI=1S/C21H16N2O5/c1-27-15-11-9-14(10-12-15)13-22-19-8-4-6-17(20(19)28-21(22)24)16-5-2-3-7-18(16)23(25)26/h2-12H,13H2,1H3. The number of benzene rings is 3. The van der Waals surface area contributed by atoms with Gasteiger partial charge in [-0.05, 0) is 29.8 Å². The van der Waals surface area contributed by atoms with E-state index >= 15 is 0 Å². The minimum Gasteiger partial charge on any atom is -0.497 e. The minimum absolute atomic E-state index is 0.0412. The number of para-hydroxylation sites is 2. The van der Waals surface area contributed by atoms with Gasteiger partial charge in [-0.1, -0.05) is 36.4 Å². The average molecular weight is 376 g/mol. The molecule has 0 aliphatic rings. The predicted octanol–water partition coefficient (Wildman–Crippen LogP) is 4.23. The van der Waals surface area contributed by atoms with E-state index in [1.807, 2.05) is 24.3 Å². The zero-order valence-electron chi connectivity index (χ0n) is 15.0. The maximum Gasteiger partial charge on any atom is 0.420 e. The summed E-state index contributed by atoms with van der Waals surface area (Å²) in [7, 11) is 1.59. The zero-order chi connectivity index (χ0) is 19.7. The molecular weight excluding hydrogens is 360 g/mol. The molecule has 3 aromatic carbocycles. The molecule has 0 bridgehead atoms. The van der Waals surface area contributed by atoms with Crippen LogP contribution in [-0.2, 0) is 6.54 Å². The van der Waals surface area contributed by atoms with E-state index in [0.29, 0.717) is 28.8 Å². The molecule has 0 aliphatic carbocycles. The van der Waals surface area contributed by atoms with Gasteiger partial charge in [-0.15, -0.1) is 0 Å². The van der Waals surface area contributed by atoms with Gasteiger partial charge in [0, 0.05) is 11.6 Å². The monoisotopic (exact) mass is 376 g/mol. The van der Waals surface area contributed by atoms with E-state index in [1.54, 1.807) is 43.5 Å². The number of rotatable bonds is 5. The highest BCUT2D eigenvalue weighted by atomic mass is 16.6. The summed E-state index contributed by atoms with van der Waals surface area (Å²) < 4.78 is 12.2. The van der Waals surface area contributed by atoms with Crippen LogP contribution in [0, 0.1) is 10.1 Å². The van der Waals surface area contributed by atoms with Crippen molar-refractivity contribution in [1.82, 2.24) is 4.57 Å². The molecule has 7 heteroatoms. The van der Waals surface area contributed by atoms with Gasteiger partial charge in [0.2, 0.25) is 0 Å². The van der Waals surface area contributed by atoms with Crippen LogP contribution in [0.5, 0.6) is 5.75 Å². The van der Waals surface area contributed by atoms with E-state index < -0.39 is 10.7 Å². The van der Waals surface area contributed by atoms with Gasteiger partial charge in [-0.2, -0.15) is 0 Å². The highest BCUT2D eigenvalue weighted by Gasteiger charge is 2.20. The summed E-state index contributed by atoms with van der Waals surface area (Å²) >= 11 is 0. The molecule has 0 amide bonds. The molecule has 0 aliphatic heterocycles. The van der Waals surface area contributed by atoms with Crippen LogP contribution >= 0.6 is 0 Å². The molecule has 28 heavy (non-hydrogen) atoms. The SMILES string of the molecule is COc1ccc(Cn2c(=O)oc3c(-c4ccccc4[N+](=O)[O-])cccc32)cc1. The van der Waals surface area contributed by atoms with Crippen LogP contribution in [0.1, 0.15) is 5.56 Å². The summed E-state index contributed by atoms with van der Waals surface area (Å²) in [6.07, 6.45) is 0. The van der Waals surface area contributed by atoms with Gasteiger partial charge >= 0.3 is 5.76 Å². The van der Waals surface area contributed by atoms with Crippen molar-refractivity contribution < 1.29 is 14.1 Å². The Bertz CT molecular complexity index is 1220. The zero-order valence-corrected chi connectivity index (χ0v) is 15.0. The fourth-order valence-corrected chi connectivity index (χ4v) is 3.22. The van der Waals surface area contributed by atoms with Gasteiger partial charge in [0.15, 0.2) is 5.58 Å². The smallest absolute Gasteiger partial charge is 0.420 e. The maximum atomic E-state index is 12.5. The van der Waals surface area contributed by atoms with Crippen molar-refractivity contribution in [3.63, 3.8) is 0 Å². The van der Waals surface area contributed by atoms with Crippen molar-refractivity contribution in [3.8, 4) is 16.9 Å². The third kappa shape index (κ3) is 3.03. The van der Waals surface area contributed by atoms with Crippen molar-refractivity contribution in [2.45, 2.75) is 6.54 Å². The van der Waals surface area contributed by atoms with E-state index in [1.165, 1.54) is 10.6 Å². The number of nitrogens with zero attached hydrogens (tertiary/aromatic N) is 2. The second-order valence-corrected chi connectivity index (χ2v) is 6.23. The van der Waals surface area contributed by atoms with Gasteiger partial charge in [0.05, 0.1) is 29.7 Å². The molecule has 0 unspecified atom stereocenters. The summed E-state index contributed by atoms with van der Waals surface area (Å²) in [6, 6.07) is 19.0. The number of ether oxygens (including phenoxy) is 1. The minimum atomic E-state index is -0.517. The first-order valence-electron chi connectivity index (χ1n) is 8.57. The van der Waals surface area contributed by atoms with E-state index in [9.17, 15) is 14.9 Å². The van der Waals surface area contributed by atoms with Gasteiger partial charge < -0.3 is 9.15 Å². The van der Waals surface area contributed by atoms with Crippen LogP contribution in [0.3, 0.4) is 0 Å². The van der Waals surface area contributed by atoms with Gasteiger partial charge in [-0.3, -0.25) is 14.7 Å². The van der Waals surface area contributed by atoms with E-state index in [4.69, 9.17) is 9.15 Å². The Morgan fingerprint density at radius 2 is 1.71 bits per heavy atom. The number of hydrogen-bond acceptors (Lipinski definition) is 5. The topological polar surface area (TPSA) is 87.5 Å². The van der Waals surface area contributed by atoms with Crippen molar-refractivity contribution in [2.75, 3.05) is 7.11 Å². The molecule has 0 radical (unpaired) electrons. The van der Waals surface area contributed by atoms with Crippen molar-refractivity contribution in [3.05, 3.63) is 93.0 Å². The fraction of sp³-hybridized carbons (Fsp3) is 0.0952. The van der Waals surface area contributed by atoms with Crippen LogP contribution < -0.4 is 10.5 Å². The van der Waals surface area contributed by atoms with Crippen LogP contribution in [-0.4, -0.2) is 16.6 Å². The lowest BCUT2D eigenvalue weighted by Crippen LogP contribution is -2.14. The summed E-state index contributed by atoms with van der Waals surface area (Å²) in [5.41, 5.74) is 2.69. The lowest BCUT2D eigenvalue weighted by molar-refractivity contribution is -0.384. The number of nitro groups is 1. The van der Waals surface area contributed by atoms with Crippen LogP contribution in [0.2, 0.25) is 0 Å². The number of nitro benzene ring substituents is 1. The molecule has 0 saturated heterocycles. The number of fused-ring (bicyclic) bond motifs is 1. The summed E-state index contributed by atoms with van der Waals surface area (Å²) in [4.78, 5) is 23.5. The third-order valence-electron chi connectivity index (χ3n) is 4.59. The number of hydrogen-bond donors (Lipinski definition) is 0. The summed E-state index contributed by atoms with van der Waals surface area (Å²) in [5, 5.41) is 11.4. The Hall–Kier alpha value is -3.87. The fourth-order valence-electron chi connectivity index (χ4n) is 3.22. The average Bonchev–Trinajstić information content (AvgIpc) is 3.04. The molecule has 0 spiro atoms. The quantitative estimate of drug-likeness (QED) is 0.384. The summed E-state index contributed by atoms with van der Waals surface area (Å²) in [5.74, 6) is 0.212. The molecule has 0 fully saturated rings. The molecule has 0 saturated carbocycles. The molecule has 7 nitrogen and oxygen atoms in total. The molecule has 1 aromatic heterocycles. The van der Waals surface area contributed by atoms with Crippen LogP contribution in [0.15, 0.2) is 75.9 Å². The van der Waals surface area contributed by atoms with E-state index in [-0.39, 0.29) is 5.69 Å². The predicted molar refractivity (Wildman–Crippen MR) is 105 cm³/mol. The Morgan fingerprint density at radius 1 is 1.00 bits per heavy atom. The van der Waals surface area contributed by atoms with E-state index in [2.05, 4.69) is 0 Å².